The second-order valence-electron chi connectivity index (χ2n) is 5.27. The molecule has 0 N–H and O–H groups in total. The van der Waals surface area contributed by atoms with Crippen LogP contribution in [-0.2, 0) is 6.61 Å². The molecule has 0 amide bonds. The first-order valence-corrected chi connectivity index (χ1v) is 6.78. The molecule has 2 aromatic rings. The minimum atomic E-state index is 0.0321. The number of hydrogen-bond acceptors (Lipinski definition) is 2. The Morgan fingerprint density at radius 1 is 1.00 bits per heavy atom. The first-order valence-electron chi connectivity index (χ1n) is 6.78. The second-order valence-corrected chi connectivity index (χ2v) is 5.27. The number of carbonyl (C=O) groups excluding carboxylic acids is 1. The van der Waals surface area contributed by atoms with Gasteiger partial charge < -0.3 is 4.74 Å². The Bertz CT molecular complexity index is 642. The van der Waals surface area contributed by atoms with Gasteiger partial charge in [0, 0.05) is 0 Å². The van der Waals surface area contributed by atoms with Gasteiger partial charge in [0.2, 0.25) is 0 Å². The lowest BCUT2D eigenvalue weighted by molar-refractivity contribution is 0.101. The number of ether oxygens (including phenoxy) is 1. The molecule has 0 spiro atoms. The third-order valence-electron chi connectivity index (χ3n) is 3.40. The molecule has 2 nitrogen and oxygen atoms in total. The van der Waals surface area contributed by atoms with Crippen molar-refractivity contribution in [2.24, 2.45) is 0 Å². The van der Waals surface area contributed by atoms with Crippen LogP contribution < -0.4 is 4.74 Å². The van der Waals surface area contributed by atoms with E-state index >= 15 is 0 Å². The van der Waals surface area contributed by atoms with E-state index in [0.717, 1.165) is 11.1 Å². The molecule has 2 rings (SSSR count). The fourth-order valence-electron chi connectivity index (χ4n) is 2.16. The summed E-state index contributed by atoms with van der Waals surface area (Å²) >= 11 is 0. The number of ketones is 1. The van der Waals surface area contributed by atoms with Gasteiger partial charge in [-0.05, 0) is 51.0 Å². The van der Waals surface area contributed by atoms with Crippen LogP contribution in [0.1, 0.15) is 39.5 Å². The minimum absolute atomic E-state index is 0.0321. The van der Waals surface area contributed by atoms with Crippen molar-refractivity contribution in [2.45, 2.75) is 34.3 Å². The summed E-state index contributed by atoms with van der Waals surface area (Å²) in [7, 11) is 0. The van der Waals surface area contributed by atoms with Gasteiger partial charge in [-0.25, -0.2) is 0 Å². The summed E-state index contributed by atoms with van der Waals surface area (Å²) in [4.78, 5) is 11.7. The smallest absolute Gasteiger partial charge is 0.163 e. The maximum atomic E-state index is 11.7. The number of rotatable bonds is 4. The summed E-state index contributed by atoms with van der Waals surface area (Å²) in [6.45, 7) is 8.16. The molecular weight excluding hydrogens is 248 g/mol. The predicted molar refractivity (Wildman–Crippen MR) is 81.4 cm³/mol. The zero-order valence-corrected chi connectivity index (χ0v) is 12.5. The molecule has 0 atom stereocenters. The van der Waals surface area contributed by atoms with Crippen molar-refractivity contribution in [1.82, 2.24) is 0 Å². The number of carbonyl (C=O) groups is 1. The van der Waals surface area contributed by atoms with Crippen molar-refractivity contribution < 1.29 is 9.53 Å². The van der Waals surface area contributed by atoms with Gasteiger partial charge in [-0.1, -0.05) is 35.4 Å². The van der Waals surface area contributed by atoms with Gasteiger partial charge >= 0.3 is 0 Å². The number of hydrogen-bond donors (Lipinski definition) is 0. The van der Waals surface area contributed by atoms with E-state index in [1.807, 2.05) is 25.1 Å². The fraction of sp³-hybridized carbons (Fsp3) is 0.278. The van der Waals surface area contributed by atoms with Crippen LogP contribution in [0, 0.1) is 20.8 Å². The molecule has 0 radical (unpaired) electrons. The summed E-state index contributed by atoms with van der Waals surface area (Å²) in [5, 5.41) is 0. The van der Waals surface area contributed by atoms with Crippen molar-refractivity contribution in [3.8, 4) is 5.75 Å². The summed E-state index contributed by atoms with van der Waals surface area (Å²) in [6, 6.07) is 12.0. The predicted octanol–water partition coefficient (Wildman–Crippen LogP) is 4.39. The second kappa shape index (κ2) is 5.91. The number of benzene rings is 2. The Morgan fingerprint density at radius 2 is 1.65 bits per heavy atom. The van der Waals surface area contributed by atoms with Gasteiger partial charge in [-0.2, -0.15) is 0 Å². The lowest BCUT2D eigenvalue weighted by Gasteiger charge is -2.12. The highest BCUT2D eigenvalue weighted by Gasteiger charge is 2.09. The van der Waals surface area contributed by atoms with Gasteiger partial charge in [-0.3, -0.25) is 4.79 Å². The normalized spacial score (nSPS) is 10.4. The van der Waals surface area contributed by atoms with Crippen molar-refractivity contribution in [3.63, 3.8) is 0 Å². The van der Waals surface area contributed by atoms with E-state index in [-0.39, 0.29) is 5.78 Å². The summed E-state index contributed by atoms with van der Waals surface area (Å²) in [6.07, 6.45) is 0. The van der Waals surface area contributed by atoms with Crippen molar-refractivity contribution in [1.29, 1.82) is 0 Å². The summed E-state index contributed by atoms with van der Waals surface area (Å²) in [5.41, 5.74) is 5.28. The number of Topliss-reactive ketones (excluding diaryl/α,β-unsaturated/α-hetero) is 1. The van der Waals surface area contributed by atoms with E-state index in [4.69, 9.17) is 4.74 Å². The van der Waals surface area contributed by atoms with Gasteiger partial charge in [0.25, 0.3) is 0 Å². The molecule has 0 bridgehead atoms. The van der Waals surface area contributed by atoms with Crippen LogP contribution in [-0.4, -0.2) is 5.78 Å². The molecular formula is C18H20O2. The van der Waals surface area contributed by atoms with Crippen LogP contribution in [0.4, 0.5) is 0 Å². The maximum Gasteiger partial charge on any atom is 0.163 e. The molecule has 0 saturated heterocycles. The van der Waals surface area contributed by atoms with Crippen LogP contribution in [0.2, 0.25) is 0 Å². The Hall–Kier alpha value is -2.09. The molecule has 0 aliphatic heterocycles. The topological polar surface area (TPSA) is 26.3 Å². The highest BCUT2D eigenvalue weighted by atomic mass is 16.5. The Balaban J connectivity index is 2.23. The van der Waals surface area contributed by atoms with Gasteiger partial charge in [0.1, 0.15) is 12.4 Å². The van der Waals surface area contributed by atoms with Crippen LogP contribution in [0.25, 0.3) is 0 Å². The van der Waals surface area contributed by atoms with E-state index < -0.39 is 0 Å². The SMILES string of the molecule is CC(=O)c1cc(C)ccc1OCc1cc(C)ccc1C. The molecule has 20 heavy (non-hydrogen) atoms. The molecule has 0 aromatic heterocycles. The quantitative estimate of drug-likeness (QED) is 0.768. The van der Waals surface area contributed by atoms with Crippen LogP contribution in [0.3, 0.4) is 0 Å². The maximum absolute atomic E-state index is 11.7. The highest BCUT2D eigenvalue weighted by Crippen LogP contribution is 2.22. The van der Waals surface area contributed by atoms with E-state index in [0.29, 0.717) is 17.9 Å². The molecule has 2 heteroatoms. The molecule has 0 saturated carbocycles. The first kappa shape index (κ1) is 14.3. The van der Waals surface area contributed by atoms with Crippen LogP contribution >= 0.6 is 0 Å². The van der Waals surface area contributed by atoms with Crippen LogP contribution in [0.15, 0.2) is 36.4 Å². The van der Waals surface area contributed by atoms with E-state index in [1.165, 1.54) is 11.1 Å². The fourth-order valence-corrected chi connectivity index (χ4v) is 2.16. The minimum Gasteiger partial charge on any atom is -0.488 e. The molecule has 0 aliphatic rings. The Morgan fingerprint density at radius 3 is 2.35 bits per heavy atom. The molecule has 0 fully saturated rings. The Labute approximate surface area is 120 Å². The largest absolute Gasteiger partial charge is 0.488 e. The summed E-state index contributed by atoms with van der Waals surface area (Å²) in [5.74, 6) is 0.689. The van der Waals surface area contributed by atoms with Gasteiger partial charge in [0.05, 0.1) is 5.56 Å². The third-order valence-corrected chi connectivity index (χ3v) is 3.40. The van der Waals surface area contributed by atoms with Crippen molar-refractivity contribution in [2.75, 3.05) is 0 Å². The van der Waals surface area contributed by atoms with E-state index in [2.05, 4.69) is 32.0 Å². The van der Waals surface area contributed by atoms with Gasteiger partial charge in [0.15, 0.2) is 5.78 Å². The van der Waals surface area contributed by atoms with Crippen LogP contribution in [0.5, 0.6) is 5.75 Å². The molecule has 0 unspecified atom stereocenters. The average Bonchev–Trinajstić information content (AvgIpc) is 2.40. The molecule has 104 valence electrons. The third kappa shape index (κ3) is 3.27. The van der Waals surface area contributed by atoms with Crippen molar-refractivity contribution in [3.05, 3.63) is 64.2 Å². The molecule has 0 heterocycles. The van der Waals surface area contributed by atoms with E-state index in [9.17, 15) is 4.79 Å². The molecule has 2 aromatic carbocycles. The zero-order chi connectivity index (χ0) is 14.7. The standard InChI is InChI=1S/C18H20O2/c1-12-5-7-14(3)16(9-12)11-20-18-8-6-13(2)10-17(18)15(4)19/h5-10H,11H2,1-4H3. The summed E-state index contributed by atoms with van der Waals surface area (Å²) < 4.78 is 5.85. The lowest BCUT2D eigenvalue weighted by Crippen LogP contribution is -2.03. The molecule has 0 aliphatic carbocycles. The van der Waals surface area contributed by atoms with E-state index in [1.54, 1.807) is 6.92 Å². The average molecular weight is 268 g/mol. The number of aryl methyl sites for hydroxylation is 3. The van der Waals surface area contributed by atoms with Crippen molar-refractivity contribution >= 4 is 5.78 Å². The van der Waals surface area contributed by atoms with Gasteiger partial charge in [-0.15, -0.1) is 0 Å². The zero-order valence-electron chi connectivity index (χ0n) is 12.5. The Kier molecular flexibility index (Phi) is 4.23. The highest BCUT2D eigenvalue weighted by molar-refractivity contribution is 5.97. The lowest BCUT2D eigenvalue weighted by atomic mass is 10.1. The first-order chi connectivity index (χ1) is 9.47. The monoisotopic (exact) mass is 268 g/mol.